The molecule has 5 nitrogen and oxygen atoms in total. The topological polar surface area (TPSA) is 85.2 Å². The number of ether oxygens (including phenoxy) is 1. The molecule has 1 aromatic heterocycles. The van der Waals surface area contributed by atoms with E-state index in [-0.39, 0.29) is 17.4 Å². The van der Waals surface area contributed by atoms with Crippen LogP contribution in [-0.2, 0) is 4.79 Å². The summed E-state index contributed by atoms with van der Waals surface area (Å²) >= 11 is 0. The van der Waals surface area contributed by atoms with Crippen molar-refractivity contribution in [1.29, 1.82) is 0 Å². The molecule has 14 heavy (non-hydrogen) atoms. The average Bonchev–Trinajstić information content (AvgIpc) is 2.13. The van der Waals surface area contributed by atoms with Crippen LogP contribution in [0.4, 0.5) is 5.69 Å². The number of carbonyl (C=O) groups is 1. The number of aromatic nitrogens is 1. The first-order chi connectivity index (χ1) is 6.65. The summed E-state index contributed by atoms with van der Waals surface area (Å²) in [5, 5.41) is 0. The second-order valence-corrected chi connectivity index (χ2v) is 2.81. The fraction of sp³-hybridized carbons (Fsp3) is 0.333. The van der Waals surface area contributed by atoms with E-state index in [2.05, 4.69) is 4.98 Å². The van der Waals surface area contributed by atoms with Gasteiger partial charge in [-0.25, -0.2) is 0 Å². The van der Waals surface area contributed by atoms with Gasteiger partial charge in [0.15, 0.2) is 5.75 Å². The van der Waals surface area contributed by atoms with E-state index in [9.17, 15) is 9.59 Å². The molecule has 0 aliphatic rings. The Morgan fingerprint density at radius 1 is 1.64 bits per heavy atom. The Balaban J connectivity index is 2.82. The van der Waals surface area contributed by atoms with Crippen molar-refractivity contribution in [2.75, 3.05) is 5.73 Å². The van der Waals surface area contributed by atoms with Crippen molar-refractivity contribution in [2.45, 2.75) is 19.8 Å². The van der Waals surface area contributed by atoms with Gasteiger partial charge in [0.1, 0.15) is 5.69 Å². The van der Waals surface area contributed by atoms with Crippen LogP contribution in [-0.4, -0.2) is 11.0 Å². The molecule has 0 saturated heterocycles. The number of pyridine rings is 1. The minimum absolute atomic E-state index is 0.0723. The molecule has 0 aromatic carbocycles. The van der Waals surface area contributed by atoms with Crippen molar-refractivity contribution in [1.82, 2.24) is 4.98 Å². The summed E-state index contributed by atoms with van der Waals surface area (Å²) in [5.74, 6) is -0.267. The Morgan fingerprint density at radius 2 is 2.36 bits per heavy atom. The summed E-state index contributed by atoms with van der Waals surface area (Å²) < 4.78 is 4.88. The highest BCUT2D eigenvalue weighted by Crippen LogP contribution is 2.15. The van der Waals surface area contributed by atoms with Gasteiger partial charge in [-0.2, -0.15) is 0 Å². The first-order valence-electron chi connectivity index (χ1n) is 4.33. The lowest BCUT2D eigenvalue weighted by Gasteiger charge is -2.04. The van der Waals surface area contributed by atoms with Crippen molar-refractivity contribution in [3.8, 4) is 5.75 Å². The van der Waals surface area contributed by atoms with E-state index < -0.39 is 5.56 Å². The zero-order valence-corrected chi connectivity index (χ0v) is 7.87. The van der Waals surface area contributed by atoms with Gasteiger partial charge >= 0.3 is 5.97 Å². The summed E-state index contributed by atoms with van der Waals surface area (Å²) in [7, 11) is 0. The van der Waals surface area contributed by atoms with Crippen molar-refractivity contribution in [2.24, 2.45) is 0 Å². The van der Waals surface area contributed by atoms with Crippen molar-refractivity contribution in [3.63, 3.8) is 0 Å². The first kappa shape index (κ1) is 10.3. The second-order valence-electron chi connectivity index (χ2n) is 2.81. The predicted molar refractivity (Wildman–Crippen MR) is 52.0 cm³/mol. The molecule has 1 aromatic rings. The summed E-state index contributed by atoms with van der Waals surface area (Å²) in [5.41, 5.74) is 4.88. The lowest BCUT2D eigenvalue weighted by Crippen LogP contribution is -2.15. The maximum Gasteiger partial charge on any atom is 0.311 e. The molecule has 0 fully saturated rings. The van der Waals surface area contributed by atoms with Crippen LogP contribution in [0.5, 0.6) is 5.75 Å². The first-order valence-corrected chi connectivity index (χ1v) is 4.33. The fourth-order valence-corrected chi connectivity index (χ4v) is 0.939. The van der Waals surface area contributed by atoms with E-state index in [1.807, 2.05) is 6.92 Å². The van der Waals surface area contributed by atoms with E-state index in [0.717, 1.165) is 0 Å². The van der Waals surface area contributed by atoms with Crippen molar-refractivity contribution in [3.05, 3.63) is 22.6 Å². The van der Waals surface area contributed by atoms with Crippen LogP contribution in [0.3, 0.4) is 0 Å². The monoisotopic (exact) mass is 196 g/mol. The Bertz CT molecular complexity index is 384. The van der Waals surface area contributed by atoms with Gasteiger partial charge in [-0.3, -0.25) is 9.59 Å². The van der Waals surface area contributed by atoms with Crippen LogP contribution in [0, 0.1) is 0 Å². The molecule has 0 spiro atoms. The van der Waals surface area contributed by atoms with Crippen LogP contribution in [0.15, 0.2) is 17.1 Å². The number of hydrogen-bond donors (Lipinski definition) is 2. The third kappa shape index (κ3) is 2.35. The molecule has 0 saturated carbocycles. The highest BCUT2D eigenvalue weighted by molar-refractivity contribution is 5.74. The maximum atomic E-state index is 11.1. The highest BCUT2D eigenvalue weighted by Gasteiger charge is 2.08. The summed E-state index contributed by atoms with van der Waals surface area (Å²) in [6.45, 7) is 1.86. The molecular formula is C9H12N2O3. The Hall–Kier alpha value is -1.78. The molecule has 76 valence electrons. The predicted octanol–water partition coefficient (Wildman–Crippen LogP) is 0.663. The molecule has 0 amide bonds. The smallest absolute Gasteiger partial charge is 0.311 e. The average molecular weight is 196 g/mol. The second kappa shape index (κ2) is 4.45. The number of H-pyrrole nitrogens is 1. The zero-order valence-electron chi connectivity index (χ0n) is 7.87. The summed E-state index contributed by atoms with van der Waals surface area (Å²) in [6.07, 6.45) is 2.39. The van der Waals surface area contributed by atoms with Gasteiger partial charge in [-0.05, 0) is 12.5 Å². The minimum Gasteiger partial charge on any atom is -0.424 e. The molecule has 0 radical (unpaired) electrons. The number of anilines is 1. The number of nitrogens with one attached hydrogen (secondary N) is 1. The summed E-state index contributed by atoms with van der Waals surface area (Å²) in [6, 6.07) is 1.45. The number of nitrogens with two attached hydrogens (primary N) is 1. The molecule has 5 heteroatoms. The number of rotatable bonds is 3. The van der Waals surface area contributed by atoms with Crippen LogP contribution >= 0.6 is 0 Å². The van der Waals surface area contributed by atoms with Gasteiger partial charge in [-0.1, -0.05) is 6.92 Å². The van der Waals surface area contributed by atoms with Crippen LogP contribution in [0.25, 0.3) is 0 Å². The number of aromatic amines is 1. The third-order valence-electron chi connectivity index (χ3n) is 1.64. The molecule has 0 bridgehead atoms. The quantitative estimate of drug-likeness (QED) is 0.695. The largest absolute Gasteiger partial charge is 0.424 e. The molecule has 1 rings (SSSR count). The van der Waals surface area contributed by atoms with Crippen molar-refractivity contribution < 1.29 is 9.53 Å². The normalized spacial score (nSPS) is 9.79. The molecule has 3 N–H and O–H groups in total. The Kier molecular flexibility index (Phi) is 3.28. The minimum atomic E-state index is -0.452. The van der Waals surface area contributed by atoms with Gasteiger partial charge in [0.2, 0.25) is 0 Å². The highest BCUT2D eigenvalue weighted by atomic mass is 16.5. The van der Waals surface area contributed by atoms with Gasteiger partial charge in [0.25, 0.3) is 5.56 Å². The number of hydrogen-bond acceptors (Lipinski definition) is 4. The van der Waals surface area contributed by atoms with E-state index in [1.54, 1.807) is 0 Å². The van der Waals surface area contributed by atoms with Crippen LogP contribution in [0.1, 0.15) is 19.8 Å². The van der Waals surface area contributed by atoms with Gasteiger partial charge in [-0.15, -0.1) is 0 Å². The molecule has 0 unspecified atom stereocenters. The Labute approximate surface area is 80.9 Å². The molecule has 0 aliphatic carbocycles. The van der Waals surface area contributed by atoms with Crippen LogP contribution < -0.4 is 16.0 Å². The lowest BCUT2D eigenvalue weighted by atomic mass is 10.3. The van der Waals surface area contributed by atoms with E-state index >= 15 is 0 Å². The standard InChI is InChI=1S/C9H12N2O3/c1-2-3-7(12)14-6-4-5-11-9(13)8(6)10/h4-5H,2-3,10H2,1H3,(H,11,13). The number of carbonyl (C=O) groups excluding carboxylic acids is 1. The third-order valence-corrected chi connectivity index (χ3v) is 1.64. The van der Waals surface area contributed by atoms with Gasteiger partial charge < -0.3 is 15.5 Å². The zero-order chi connectivity index (χ0) is 10.6. The van der Waals surface area contributed by atoms with E-state index in [1.165, 1.54) is 12.3 Å². The van der Waals surface area contributed by atoms with Gasteiger partial charge in [0, 0.05) is 12.6 Å². The molecular weight excluding hydrogens is 184 g/mol. The van der Waals surface area contributed by atoms with Gasteiger partial charge in [0.05, 0.1) is 0 Å². The summed E-state index contributed by atoms with van der Waals surface area (Å²) in [4.78, 5) is 24.5. The Morgan fingerprint density at radius 3 is 3.00 bits per heavy atom. The van der Waals surface area contributed by atoms with E-state index in [4.69, 9.17) is 10.5 Å². The van der Waals surface area contributed by atoms with Crippen molar-refractivity contribution >= 4 is 11.7 Å². The number of nitrogen functional groups attached to an aromatic ring is 1. The SMILES string of the molecule is CCCC(=O)Oc1cc[nH]c(=O)c1N. The molecule has 0 aliphatic heterocycles. The number of esters is 1. The fourth-order valence-electron chi connectivity index (χ4n) is 0.939. The van der Waals surface area contributed by atoms with Crippen LogP contribution in [0.2, 0.25) is 0 Å². The maximum absolute atomic E-state index is 11.1. The lowest BCUT2D eigenvalue weighted by molar-refractivity contribution is -0.134. The van der Waals surface area contributed by atoms with E-state index in [0.29, 0.717) is 12.8 Å². The molecule has 1 heterocycles. The molecule has 0 atom stereocenters.